The predicted octanol–water partition coefficient (Wildman–Crippen LogP) is 2.81. The quantitative estimate of drug-likeness (QED) is 0.733. The van der Waals surface area contributed by atoms with Crippen molar-refractivity contribution in [3.05, 3.63) is 5.89 Å². The molecule has 0 aliphatic heterocycles. The molecule has 1 aromatic heterocycles. The topological polar surface area (TPSA) is 63.0 Å². The van der Waals surface area contributed by atoms with E-state index in [1.54, 1.807) is 0 Å². The largest absolute Gasteiger partial charge is 0.407 e. The molecule has 0 saturated heterocycles. The minimum Gasteiger partial charge on any atom is -0.407 e. The van der Waals surface area contributed by atoms with Crippen LogP contribution in [0.2, 0.25) is 0 Å². The minimum absolute atomic E-state index is 0.0549. The van der Waals surface area contributed by atoms with Gasteiger partial charge in [0.2, 0.25) is 5.89 Å². The van der Waals surface area contributed by atoms with E-state index >= 15 is 0 Å². The van der Waals surface area contributed by atoms with Crippen LogP contribution in [0.25, 0.3) is 0 Å². The minimum atomic E-state index is 0.0549. The van der Waals surface area contributed by atoms with Gasteiger partial charge in [-0.1, -0.05) is 18.9 Å². The van der Waals surface area contributed by atoms with E-state index in [4.69, 9.17) is 4.42 Å². The number of rotatable bonds is 7. The van der Waals surface area contributed by atoms with Crippen molar-refractivity contribution in [2.45, 2.75) is 59.5 Å². The van der Waals surface area contributed by atoms with Gasteiger partial charge in [0.05, 0.1) is 6.54 Å². The zero-order valence-electron chi connectivity index (χ0n) is 12.2. The Morgan fingerprint density at radius 2 is 1.94 bits per heavy atom. The Morgan fingerprint density at radius 1 is 1.22 bits per heavy atom. The summed E-state index contributed by atoms with van der Waals surface area (Å²) in [5.41, 5.74) is 0.0549. The maximum Gasteiger partial charge on any atom is 0.315 e. The van der Waals surface area contributed by atoms with Gasteiger partial charge in [0.25, 0.3) is 0 Å². The summed E-state index contributed by atoms with van der Waals surface area (Å²) in [6, 6.07) is 0.518. The lowest BCUT2D eigenvalue weighted by Crippen LogP contribution is -2.35. The SMILES string of the molecule is CC(C)CCCNc1nnc(CNC(C)(C)C)o1. The second-order valence-electron chi connectivity index (χ2n) is 6.07. The first-order chi connectivity index (χ1) is 8.37. The van der Waals surface area contributed by atoms with Gasteiger partial charge in [-0.25, -0.2) is 0 Å². The van der Waals surface area contributed by atoms with E-state index in [1.807, 2.05) is 0 Å². The van der Waals surface area contributed by atoms with E-state index in [9.17, 15) is 0 Å². The molecule has 2 N–H and O–H groups in total. The molecule has 104 valence electrons. The van der Waals surface area contributed by atoms with E-state index in [1.165, 1.54) is 6.42 Å². The molecule has 1 heterocycles. The first-order valence-electron chi connectivity index (χ1n) is 6.68. The van der Waals surface area contributed by atoms with Crippen molar-refractivity contribution in [3.8, 4) is 0 Å². The fraction of sp³-hybridized carbons (Fsp3) is 0.846. The number of nitrogens with one attached hydrogen (secondary N) is 2. The lowest BCUT2D eigenvalue weighted by atomic mass is 10.1. The first-order valence-corrected chi connectivity index (χ1v) is 6.68. The molecular formula is C13H26N4O. The zero-order chi connectivity index (χ0) is 13.6. The third-order valence-corrected chi connectivity index (χ3v) is 2.47. The Bertz CT molecular complexity index is 341. The molecule has 1 rings (SSSR count). The van der Waals surface area contributed by atoms with Gasteiger partial charge in [-0.2, -0.15) is 0 Å². The highest BCUT2D eigenvalue weighted by molar-refractivity contribution is 5.16. The third-order valence-electron chi connectivity index (χ3n) is 2.47. The highest BCUT2D eigenvalue weighted by Gasteiger charge is 2.11. The smallest absolute Gasteiger partial charge is 0.315 e. The van der Waals surface area contributed by atoms with Crippen LogP contribution in [0.1, 0.15) is 53.4 Å². The number of nitrogens with zero attached hydrogens (tertiary/aromatic N) is 2. The Labute approximate surface area is 110 Å². The molecule has 0 spiro atoms. The molecule has 0 aliphatic rings. The van der Waals surface area contributed by atoms with Gasteiger partial charge in [-0.05, 0) is 39.5 Å². The standard InChI is InChI=1S/C13H26N4O/c1-10(2)7-6-8-14-12-17-16-11(18-12)9-15-13(3,4)5/h10,15H,6-9H2,1-5H3,(H,14,17). The number of hydrogen-bond acceptors (Lipinski definition) is 5. The van der Waals surface area contributed by atoms with Crippen LogP contribution in [0.5, 0.6) is 0 Å². The molecule has 0 saturated carbocycles. The summed E-state index contributed by atoms with van der Waals surface area (Å²) in [5, 5.41) is 14.4. The van der Waals surface area contributed by atoms with Crippen molar-refractivity contribution in [3.63, 3.8) is 0 Å². The van der Waals surface area contributed by atoms with Crippen molar-refractivity contribution in [2.75, 3.05) is 11.9 Å². The van der Waals surface area contributed by atoms with E-state index in [0.717, 1.165) is 18.9 Å². The van der Waals surface area contributed by atoms with Gasteiger partial charge in [-0.3, -0.25) is 0 Å². The Kier molecular flexibility index (Phi) is 5.59. The summed E-state index contributed by atoms with van der Waals surface area (Å²) < 4.78 is 5.49. The van der Waals surface area contributed by atoms with Crippen LogP contribution >= 0.6 is 0 Å². The Morgan fingerprint density at radius 3 is 2.56 bits per heavy atom. The van der Waals surface area contributed by atoms with Gasteiger partial charge in [0, 0.05) is 12.1 Å². The lowest BCUT2D eigenvalue weighted by Gasteiger charge is -2.18. The summed E-state index contributed by atoms with van der Waals surface area (Å²) in [4.78, 5) is 0. The lowest BCUT2D eigenvalue weighted by molar-refractivity contribution is 0.383. The van der Waals surface area contributed by atoms with Crippen molar-refractivity contribution < 1.29 is 4.42 Å². The fourth-order valence-corrected chi connectivity index (χ4v) is 1.44. The number of hydrogen-bond donors (Lipinski definition) is 2. The summed E-state index contributed by atoms with van der Waals surface area (Å²) >= 11 is 0. The summed E-state index contributed by atoms with van der Waals surface area (Å²) in [7, 11) is 0. The van der Waals surface area contributed by atoms with Gasteiger partial charge in [0.1, 0.15) is 0 Å². The molecule has 18 heavy (non-hydrogen) atoms. The highest BCUT2D eigenvalue weighted by Crippen LogP contribution is 2.09. The number of anilines is 1. The first kappa shape index (κ1) is 15.0. The summed E-state index contributed by atoms with van der Waals surface area (Å²) in [6.45, 7) is 12.2. The van der Waals surface area contributed by atoms with Gasteiger partial charge in [-0.15, -0.1) is 5.10 Å². The molecule has 0 aromatic carbocycles. The molecule has 0 amide bonds. The second kappa shape index (κ2) is 6.73. The van der Waals surface area contributed by atoms with Crippen LogP contribution in [0.4, 0.5) is 6.01 Å². The molecule has 0 fully saturated rings. The zero-order valence-corrected chi connectivity index (χ0v) is 12.2. The fourth-order valence-electron chi connectivity index (χ4n) is 1.44. The molecular weight excluding hydrogens is 228 g/mol. The molecule has 1 aromatic rings. The van der Waals surface area contributed by atoms with Crippen LogP contribution in [0, 0.1) is 5.92 Å². The molecule has 0 bridgehead atoms. The third kappa shape index (κ3) is 6.59. The second-order valence-corrected chi connectivity index (χ2v) is 6.07. The molecule has 5 nitrogen and oxygen atoms in total. The molecule has 0 unspecified atom stereocenters. The summed E-state index contributed by atoms with van der Waals surface area (Å²) in [6.07, 6.45) is 2.33. The predicted molar refractivity (Wildman–Crippen MR) is 73.5 cm³/mol. The van der Waals surface area contributed by atoms with Crippen LogP contribution < -0.4 is 10.6 Å². The van der Waals surface area contributed by atoms with Crippen LogP contribution in [0.15, 0.2) is 4.42 Å². The number of aromatic nitrogens is 2. The van der Waals surface area contributed by atoms with Crippen LogP contribution in [-0.4, -0.2) is 22.3 Å². The monoisotopic (exact) mass is 254 g/mol. The van der Waals surface area contributed by atoms with E-state index < -0.39 is 0 Å². The highest BCUT2D eigenvalue weighted by atomic mass is 16.4. The van der Waals surface area contributed by atoms with Gasteiger partial charge < -0.3 is 15.1 Å². The van der Waals surface area contributed by atoms with Crippen molar-refractivity contribution in [2.24, 2.45) is 5.92 Å². The van der Waals surface area contributed by atoms with E-state index in [-0.39, 0.29) is 5.54 Å². The van der Waals surface area contributed by atoms with Crippen LogP contribution in [-0.2, 0) is 6.54 Å². The average Bonchev–Trinajstić information content (AvgIpc) is 2.68. The average molecular weight is 254 g/mol. The maximum atomic E-state index is 5.49. The molecule has 0 radical (unpaired) electrons. The molecule has 0 atom stereocenters. The maximum absolute atomic E-state index is 5.49. The molecule has 5 heteroatoms. The van der Waals surface area contributed by atoms with E-state index in [0.29, 0.717) is 18.5 Å². The molecule has 0 aliphatic carbocycles. The summed E-state index contributed by atoms with van der Waals surface area (Å²) in [5.74, 6) is 1.36. The van der Waals surface area contributed by atoms with E-state index in [2.05, 4.69) is 55.4 Å². The normalized spacial score (nSPS) is 12.1. The van der Waals surface area contributed by atoms with Crippen molar-refractivity contribution >= 4 is 6.01 Å². The van der Waals surface area contributed by atoms with Gasteiger partial charge >= 0.3 is 6.01 Å². The van der Waals surface area contributed by atoms with Gasteiger partial charge in [0.15, 0.2) is 0 Å². The Hall–Kier alpha value is -1.10. The van der Waals surface area contributed by atoms with Crippen LogP contribution in [0.3, 0.4) is 0 Å². The Balaban J connectivity index is 2.26. The van der Waals surface area contributed by atoms with Crippen molar-refractivity contribution in [1.82, 2.24) is 15.5 Å². The van der Waals surface area contributed by atoms with Crippen molar-refractivity contribution in [1.29, 1.82) is 0 Å².